The van der Waals surface area contributed by atoms with Gasteiger partial charge in [0.05, 0.1) is 0 Å². The van der Waals surface area contributed by atoms with Crippen molar-refractivity contribution in [3.63, 3.8) is 0 Å². The summed E-state index contributed by atoms with van der Waals surface area (Å²) in [4.78, 5) is 1.39. The van der Waals surface area contributed by atoms with Gasteiger partial charge in [-0.25, -0.2) is 0 Å². The molecule has 1 nitrogen and oxygen atoms in total. The first kappa shape index (κ1) is 15.1. The van der Waals surface area contributed by atoms with Crippen molar-refractivity contribution in [2.45, 2.75) is 43.9 Å². The predicted octanol–water partition coefficient (Wildman–Crippen LogP) is 5.97. The molecule has 1 N–H and O–H groups in total. The highest BCUT2D eigenvalue weighted by atomic mass is 32.2. The zero-order valence-corrected chi connectivity index (χ0v) is 14.7. The molecule has 1 aromatic carbocycles. The monoisotopic (exact) mass is 323 g/mol. The van der Waals surface area contributed by atoms with E-state index in [4.69, 9.17) is 0 Å². The third-order valence-electron chi connectivity index (χ3n) is 5.36. The molecular weight excluding hydrogens is 298 g/mol. The molecule has 1 aliphatic heterocycles. The molecule has 4 rings (SSSR count). The third kappa shape index (κ3) is 3.28. The Kier molecular flexibility index (Phi) is 4.35. The van der Waals surface area contributed by atoms with Crippen LogP contribution in [0.25, 0.3) is 0 Å². The zero-order valence-electron chi connectivity index (χ0n) is 13.9. The van der Waals surface area contributed by atoms with E-state index in [0.717, 1.165) is 18.2 Å². The lowest BCUT2D eigenvalue weighted by atomic mass is 9.77. The molecule has 0 aromatic heterocycles. The van der Waals surface area contributed by atoms with Crippen molar-refractivity contribution in [1.82, 2.24) is 0 Å². The Bertz CT molecular complexity index is 696. The summed E-state index contributed by atoms with van der Waals surface area (Å²) in [6.45, 7) is 3.34. The molecule has 0 saturated heterocycles. The average Bonchev–Trinajstić information content (AvgIpc) is 2.55. The van der Waals surface area contributed by atoms with E-state index in [1.54, 1.807) is 22.3 Å². The lowest BCUT2D eigenvalue weighted by molar-refractivity contribution is 0.497. The third-order valence-corrected chi connectivity index (χ3v) is 6.52. The van der Waals surface area contributed by atoms with Crippen molar-refractivity contribution in [3.05, 3.63) is 58.7 Å². The first-order chi connectivity index (χ1) is 11.3. The molecule has 2 heteroatoms. The standard InChI is InChI=1S/C21H25NS/c1-15-6-7-16-8-9-17(13-19(16)12-15)18-10-11-22-20-4-2-3-5-21(20)23-14-18/h2-5,12-13,16,22H,6-11,14H2,1H3/b18-17+. The first-order valence-electron chi connectivity index (χ1n) is 8.85. The van der Waals surface area contributed by atoms with Crippen LogP contribution in [0.4, 0.5) is 5.69 Å². The number of anilines is 1. The van der Waals surface area contributed by atoms with Crippen LogP contribution in [0, 0.1) is 5.92 Å². The van der Waals surface area contributed by atoms with E-state index in [1.807, 2.05) is 11.8 Å². The van der Waals surface area contributed by atoms with Gasteiger partial charge >= 0.3 is 0 Å². The Morgan fingerprint density at radius 1 is 1.04 bits per heavy atom. The van der Waals surface area contributed by atoms with Gasteiger partial charge in [0.1, 0.15) is 0 Å². The number of benzene rings is 1. The molecule has 2 aliphatic carbocycles. The second-order valence-corrected chi connectivity index (χ2v) is 8.02. The van der Waals surface area contributed by atoms with Gasteiger partial charge in [0, 0.05) is 22.9 Å². The van der Waals surface area contributed by atoms with Crippen LogP contribution in [-0.2, 0) is 0 Å². The maximum Gasteiger partial charge on any atom is 0.0478 e. The molecular formula is C21H25NS. The van der Waals surface area contributed by atoms with Crippen molar-refractivity contribution < 1.29 is 0 Å². The van der Waals surface area contributed by atoms with Crippen LogP contribution >= 0.6 is 11.8 Å². The molecule has 23 heavy (non-hydrogen) atoms. The minimum atomic E-state index is 0.822. The highest BCUT2D eigenvalue weighted by Gasteiger charge is 2.23. The van der Waals surface area contributed by atoms with E-state index < -0.39 is 0 Å². The topological polar surface area (TPSA) is 12.0 Å². The van der Waals surface area contributed by atoms with Gasteiger partial charge in [0.2, 0.25) is 0 Å². The molecule has 1 unspecified atom stereocenters. The highest BCUT2D eigenvalue weighted by Crippen LogP contribution is 2.40. The van der Waals surface area contributed by atoms with Gasteiger partial charge in [-0.3, -0.25) is 0 Å². The summed E-state index contributed by atoms with van der Waals surface area (Å²) in [5, 5.41) is 3.61. The van der Waals surface area contributed by atoms with Crippen LogP contribution in [0.1, 0.15) is 39.0 Å². The smallest absolute Gasteiger partial charge is 0.0478 e. The van der Waals surface area contributed by atoms with Crippen molar-refractivity contribution in [2.24, 2.45) is 5.92 Å². The Hall–Kier alpha value is -1.41. The first-order valence-corrected chi connectivity index (χ1v) is 9.83. The van der Waals surface area contributed by atoms with Gasteiger partial charge in [-0.05, 0) is 68.2 Å². The number of thioether (sulfide) groups is 1. The maximum atomic E-state index is 3.61. The second-order valence-electron chi connectivity index (χ2n) is 7.00. The van der Waals surface area contributed by atoms with Crippen molar-refractivity contribution in [3.8, 4) is 0 Å². The molecule has 1 atom stereocenters. The molecule has 0 bridgehead atoms. The lowest BCUT2D eigenvalue weighted by Gasteiger charge is -2.30. The lowest BCUT2D eigenvalue weighted by Crippen LogP contribution is -2.15. The second kappa shape index (κ2) is 6.60. The van der Waals surface area contributed by atoms with Crippen LogP contribution < -0.4 is 5.32 Å². The summed E-state index contributed by atoms with van der Waals surface area (Å²) in [7, 11) is 0. The maximum absolute atomic E-state index is 3.61. The van der Waals surface area contributed by atoms with E-state index in [2.05, 4.69) is 48.7 Å². The fourth-order valence-electron chi connectivity index (χ4n) is 3.97. The molecule has 0 amide bonds. The van der Waals surface area contributed by atoms with E-state index in [0.29, 0.717) is 0 Å². The van der Waals surface area contributed by atoms with Crippen LogP contribution in [0.3, 0.4) is 0 Å². The minimum Gasteiger partial charge on any atom is -0.384 e. The van der Waals surface area contributed by atoms with E-state index in [9.17, 15) is 0 Å². The number of nitrogens with one attached hydrogen (secondary N) is 1. The van der Waals surface area contributed by atoms with Gasteiger partial charge in [0.25, 0.3) is 0 Å². The highest BCUT2D eigenvalue weighted by molar-refractivity contribution is 7.99. The molecule has 0 spiro atoms. The van der Waals surface area contributed by atoms with Crippen LogP contribution in [0.5, 0.6) is 0 Å². The molecule has 120 valence electrons. The number of hydrogen-bond acceptors (Lipinski definition) is 2. The van der Waals surface area contributed by atoms with Crippen LogP contribution in [-0.4, -0.2) is 12.3 Å². The molecule has 1 aromatic rings. The van der Waals surface area contributed by atoms with Crippen molar-refractivity contribution >= 4 is 17.4 Å². The molecule has 0 radical (unpaired) electrons. The van der Waals surface area contributed by atoms with E-state index in [1.165, 1.54) is 42.7 Å². The summed E-state index contributed by atoms with van der Waals surface area (Å²) in [5.41, 5.74) is 7.73. The summed E-state index contributed by atoms with van der Waals surface area (Å²) in [6, 6.07) is 8.70. The fraction of sp³-hybridized carbons (Fsp3) is 0.429. The van der Waals surface area contributed by atoms with Crippen LogP contribution in [0.2, 0.25) is 0 Å². The number of fused-ring (bicyclic) bond motifs is 2. The van der Waals surface area contributed by atoms with Gasteiger partial charge in [0.15, 0.2) is 0 Å². The number of rotatable bonds is 0. The summed E-state index contributed by atoms with van der Waals surface area (Å²) in [6.07, 6.45) is 11.4. The Morgan fingerprint density at radius 2 is 1.91 bits per heavy atom. The van der Waals surface area contributed by atoms with Crippen LogP contribution in [0.15, 0.2) is 63.6 Å². The van der Waals surface area contributed by atoms with Crippen molar-refractivity contribution in [1.29, 1.82) is 0 Å². The Balaban J connectivity index is 1.61. The zero-order chi connectivity index (χ0) is 15.6. The van der Waals surface area contributed by atoms with Gasteiger partial charge in [-0.1, -0.05) is 35.4 Å². The van der Waals surface area contributed by atoms with E-state index >= 15 is 0 Å². The minimum absolute atomic E-state index is 0.822. The SMILES string of the molecule is CC1=CC2=C/C(=C3\CCNc4ccccc4SC3)CCC2CC1. The predicted molar refractivity (Wildman–Crippen MR) is 101 cm³/mol. The summed E-state index contributed by atoms with van der Waals surface area (Å²) < 4.78 is 0. The normalized spacial score (nSPS) is 27.6. The average molecular weight is 324 g/mol. The Morgan fingerprint density at radius 3 is 2.87 bits per heavy atom. The molecule has 0 fully saturated rings. The van der Waals surface area contributed by atoms with Gasteiger partial charge in [-0.2, -0.15) is 0 Å². The number of hydrogen-bond donors (Lipinski definition) is 1. The number of para-hydroxylation sites is 1. The summed E-state index contributed by atoms with van der Waals surface area (Å²) >= 11 is 1.99. The quantitative estimate of drug-likeness (QED) is 0.631. The fourth-order valence-corrected chi connectivity index (χ4v) is 5.10. The molecule has 0 saturated carbocycles. The van der Waals surface area contributed by atoms with Gasteiger partial charge in [-0.15, -0.1) is 11.8 Å². The summed E-state index contributed by atoms with van der Waals surface area (Å²) in [5.74, 6) is 1.97. The van der Waals surface area contributed by atoms with Gasteiger partial charge < -0.3 is 5.32 Å². The molecule has 1 heterocycles. The van der Waals surface area contributed by atoms with E-state index in [-0.39, 0.29) is 0 Å². The Labute approximate surface area is 143 Å². The molecule has 3 aliphatic rings. The largest absolute Gasteiger partial charge is 0.384 e. The number of allylic oxidation sites excluding steroid dienone is 5. The van der Waals surface area contributed by atoms with Crippen molar-refractivity contribution in [2.75, 3.05) is 17.6 Å².